The molecule has 0 bridgehead atoms. The molecule has 1 aliphatic heterocycles. The SMILES string of the molecule is COc1ccccc1[C@H]1CC(=O)C2=C(C1)NC(C)=C(C(=O)OC(C)C)[C@@H]2c1cc(Br)c(O)c(OC)c1. The van der Waals surface area contributed by atoms with Gasteiger partial charge >= 0.3 is 5.97 Å². The maximum Gasteiger partial charge on any atom is 0.337 e. The highest BCUT2D eigenvalue weighted by Gasteiger charge is 2.42. The van der Waals surface area contributed by atoms with Crippen LogP contribution >= 0.6 is 15.9 Å². The van der Waals surface area contributed by atoms with Gasteiger partial charge in [0.05, 0.1) is 30.4 Å². The van der Waals surface area contributed by atoms with Crippen LogP contribution in [0.15, 0.2) is 63.4 Å². The summed E-state index contributed by atoms with van der Waals surface area (Å²) >= 11 is 3.38. The number of rotatable bonds is 6. The second-order valence-electron chi connectivity index (χ2n) is 9.27. The summed E-state index contributed by atoms with van der Waals surface area (Å²) in [5, 5.41) is 13.7. The third-order valence-electron chi connectivity index (χ3n) is 6.57. The van der Waals surface area contributed by atoms with E-state index in [-0.39, 0.29) is 35.7 Å². The number of hydrogen-bond acceptors (Lipinski definition) is 7. The Hall–Kier alpha value is -3.26. The van der Waals surface area contributed by atoms with E-state index in [0.717, 1.165) is 17.0 Å². The van der Waals surface area contributed by atoms with Crippen LogP contribution in [0.2, 0.25) is 0 Å². The van der Waals surface area contributed by atoms with E-state index < -0.39 is 11.9 Å². The third kappa shape index (κ3) is 4.74. The zero-order valence-corrected chi connectivity index (χ0v) is 22.6. The number of dihydropyridines is 1. The summed E-state index contributed by atoms with van der Waals surface area (Å²) in [6, 6.07) is 11.1. The number of carbonyl (C=O) groups is 2. The van der Waals surface area contributed by atoms with Gasteiger partial charge in [0.25, 0.3) is 0 Å². The molecule has 0 saturated carbocycles. The molecule has 2 aliphatic rings. The van der Waals surface area contributed by atoms with Crippen molar-refractivity contribution in [3.8, 4) is 17.2 Å². The van der Waals surface area contributed by atoms with Gasteiger partial charge in [-0.25, -0.2) is 4.79 Å². The first kappa shape index (κ1) is 25.8. The molecule has 2 atom stereocenters. The fourth-order valence-corrected chi connectivity index (χ4v) is 5.52. The second-order valence-corrected chi connectivity index (χ2v) is 10.1. The molecule has 2 aromatic carbocycles. The third-order valence-corrected chi connectivity index (χ3v) is 7.18. The highest BCUT2D eigenvalue weighted by molar-refractivity contribution is 9.10. The predicted octanol–water partition coefficient (Wildman–Crippen LogP) is 5.49. The zero-order chi connectivity index (χ0) is 26.1. The molecule has 190 valence electrons. The number of ether oxygens (including phenoxy) is 3. The first-order chi connectivity index (χ1) is 17.2. The lowest BCUT2D eigenvalue weighted by Gasteiger charge is -2.37. The molecule has 0 spiro atoms. The van der Waals surface area contributed by atoms with Crippen molar-refractivity contribution < 1.29 is 28.9 Å². The smallest absolute Gasteiger partial charge is 0.337 e. The van der Waals surface area contributed by atoms with Crippen LogP contribution in [0.3, 0.4) is 0 Å². The Morgan fingerprint density at radius 1 is 1.11 bits per heavy atom. The van der Waals surface area contributed by atoms with Crippen molar-refractivity contribution >= 4 is 27.7 Å². The van der Waals surface area contributed by atoms with Gasteiger partial charge < -0.3 is 24.6 Å². The Bertz CT molecular complexity index is 1280. The number of phenolic OH excluding ortho intramolecular Hbond substituents is 1. The first-order valence-electron chi connectivity index (χ1n) is 11.8. The normalized spacial score (nSPS) is 19.7. The number of carbonyl (C=O) groups excluding carboxylic acids is 2. The molecule has 36 heavy (non-hydrogen) atoms. The standard InChI is InChI=1S/C28H30BrNO6/c1-14(2)36-28(33)24-15(3)30-20-11-16(18-8-6-7-9-22(18)34-4)12-21(31)26(20)25(24)17-10-19(29)27(32)23(13-17)35-5/h6-10,13-14,16,25,30,32H,11-12H2,1-5H3/t16-,25+/m1/s1. The average molecular weight is 556 g/mol. The van der Waals surface area contributed by atoms with E-state index >= 15 is 0 Å². The summed E-state index contributed by atoms with van der Waals surface area (Å²) in [6.07, 6.45) is 0.532. The minimum Gasteiger partial charge on any atom is -0.503 e. The molecule has 7 nitrogen and oxygen atoms in total. The lowest BCUT2D eigenvalue weighted by molar-refractivity contribution is -0.143. The van der Waals surface area contributed by atoms with Crippen molar-refractivity contribution in [2.75, 3.05) is 14.2 Å². The molecule has 0 unspecified atom stereocenters. The molecule has 4 rings (SSSR count). The van der Waals surface area contributed by atoms with Gasteiger partial charge in [0.1, 0.15) is 5.75 Å². The van der Waals surface area contributed by atoms with Gasteiger partial charge in [-0.3, -0.25) is 4.79 Å². The molecule has 0 saturated heterocycles. The van der Waals surface area contributed by atoms with E-state index in [0.29, 0.717) is 33.3 Å². The number of nitrogens with one attached hydrogen (secondary N) is 1. The molecule has 2 aromatic rings. The number of halogens is 1. The Balaban J connectivity index is 1.86. The number of Topliss-reactive ketones (excluding diaryl/α,β-unsaturated/α-hetero) is 1. The summed E-state index contributed by atoms with van der Waals surface area (Å²) < 4.78 is 16.9. The van der Waals surface area contributed by atoms with Gasteiger partial charge in [-0.05, 0) is 72.4 Å². The van der Waals surface area contributed by atoms with Crippen molar-refractivity contribution in [2.45, 2.75) is 51.6 Å². The average Bonchev–Trinajstić information content (AvgIpc) is 2.84. The Morgan fingerprint density at radius 2 is 1.81 bits per heavy atom. The predicted molar refractivity (Wildman–Crippen MR) is 139 cm³/mol. The number of para-hydroxylation sites is 1. The second kappa shape index (κ2) is 10.4. The number of aromatic hydroxyl groups is 1. The zero-order valence-electron chi connectivity index (χ0n) is 21.0. The number of ketones is 1. The number of esters is 1. The summed E-state index contributed by atoms with van der Waals surface area (Å²) in [5.41, 5.74) is 3.91. The van der Waals surface area contributed by atoms with Crippen LogP contribution in [0.1, 0.15) is 56.6 Å². The topological polar surface area (TPSA) is 94.1 Å². The highest BCUT2D eigenvalue weighted by Crippen LogP contribution is 2.49. The van der Waals surface area contributed by atoms with Crippen LogP contribution in [-0.2, 0) is 14.3 Å². The van der Waals surface area contributed by atoms with E-state index in [4.69, 9.17) is 14.2 Å². The van der Waals surface area contributed by atoms with Gasteiger partial charge in [0.15, 0.2) is 17.3 Å². The molecule has 0 amide bonds. The maximum absolute atomic E-state index is 13.8. The van der Waals surface area contributed by atoms with E-state index in [9.17, 15) is 14.7 Å². The van der Waals surface area contributed by atoms with Crippen molar-refractivity contribution in [1.29, 1.82) is 0 Å². The quantitative estimate of drug-likeness (QED) is 0.455. The van der Waals surface area contributed by atoms with Gasteiger partial charge in [0.2, 0.25) is 0 Å². The number of methoxy groups -OCH3 is 2. The van der Waals surface area contributed by atoms with Crippen LogP contribution in [0.4, 0.5) is 0 Å². The monoisotopic (exact) mass is 555 g/mol. The summed E-state index contributed by atoms with van der Waals surface area (Å²) in [4.78, 5) is 27.1. The van der Waals surface area contributed by atoms with Crippen LogP contribution in [-0.4, -0.2) is 37.2 Å². The lowest BCUT2D eigenvalue weighted by atomic mass is 9.71. The molecular formula is C28H30BrNO6. The molecule has 2 N–H and O–H groups in total. The minimum absolute atomic E-state index is 0.0531. The summed E-state index contributed by atoms with van der Waals surface area (Å²) in [5.74, 6) is -0.369. The van der Waals surface area contributed by atoms with Crippen LogP contribution in [0.25, 0.3) is 0 Å². The van der Waals surface area contributed by atoms with Crippen molar-refractivity contribution in [3.63, 3.8) is 0 Å². The van der Waals surface area contributed by atoms with Gasteiger partial charge in [-0.1, -0.05) is 18.2 Å². The lowest BCUT2D eigenvalue weighted by Crippen LogP contribution is -2.36. The molecule has 0 aromatic heterocycles. The molecule has 1 heterocycles. The fraction of sp³-hybridized carbons (Fsp3) is 0.357. The minimum atomic E-state index is -0.676. The number of hydrogen-bond donors (Lipinski definition) is 2. The molecule has 8 heteroatoms. The molecule has 0 radical (unpaired) electrons. The molecular weight excluding hydrogens is 526 g/mol. The Kier molecular flexibility index (Phi) is 7.45. The van der Waals surface area contributed by atoms with Crippen molar-refractivity contribution in [2.24, 2.45) is 0 Å². The van der Waals surface area contributed by atoms with Crippen molar-refractivity contribution in [1.82, 2.24) is 5.32 Å². The highest BCUT2D eigenvalue weighted by atomic mass is 79.9. The van der Waals surface area contributed by atoms with E-state index in [1.807, 2.05) is 31.2 Å². The van der Waals surface area contributed by atoms with Crippen LogP contribution in [0, 0.1) is 0 Å². The van der Waals surface area contributed by atoms with Gasteiger partial charge in [-0.15, -0.1) is 0 Å². The Morgan fingerprint density at radius 3 is 2.47 bits per heavy atom. The summed E-state index contributed by atoms with van der Waals surface area (Å²) in [7, 11) is 3.08. The van der Waals surface area contributed by atoms with E-state index in [1.54, 1.807) is 33.1 Å². The Labute approximate surface area is 219 Å². The van der Waals surface area contributed by atoms with E-state index in [1.165, 1.54) is 7.11 Å². The van der Waals surface area contributed by atoms with E-state index in [2.05, 4.69) is 21.2 Å². The summed E-state index contributed by atoms with van der Waals surface area (Å²) in [6.45, 7) is 5.39. The molecule has 0 fully saturated rings. The molecule has 1 aliphatic carbocycles. The number of benzene rings is 2. The number of allylic oxidation sites excluding steroid dienone is 3. The van der Waals surface area contributed by atoms with Crippen molar-refractivity contribution in [3.05, 3.63) is 74.5 Å². The van der Waals surface area contributed by atoms with Crippen LogP contribution < -0.4 is 14.8 Å². The number of phenols is 1. The van der Waals surface area contributed by atoms with Gasteiger partial charge in [-0.2, -0.15) is 0 Å². The van der Waals surface area contributed by atoms with Crippen LogP contribution in [0.5, 0.6) is 17.2 Å². The largest absolute Gasteiger partial charge is 0.503 e. The first-order valence-corrected chi connectivity index (χ1v) is 12.6. The van der Waals surface area contributed by atoms with Gasteiger partial charge in [0, 0.05) is 35.2 Å². The fourth-order valence-electron chi connectivity index (χ4n) is 5.06. The maximum atomic E-state index is 13.8.